The van der Waals surface area contributed by atoms with Gasteiger partial charge >= 0.3 is 0 Å². The monoisotopic (exact) mass is 316 g/mol. The Balaban J connectivity index is 1.54. The summed E-state index contributed by atoms with van der Waals surface area (Å²) in [5, 5.41) is 3.16. The number of benzene rings is 1. The molecular formula is C21H20N2O. The Morgan fingerprint density at radius 1 is 0.958 bits per heavy atom. The van der Waals surface area contributed by atoms with Crippen molar-refractivity contribution in [1.82, 2.24) is 10.3 Å². The average molecular weight is 316 g/mol. The van der Waals surface area contributed by atoms with Gasteiger partial charge in [0.15, 0.2) is 0 Å². The lowest BCUT2D eigenvalue weighted by Crippen LogP contribution is -2.31. The minimum absolute atomic E-state index is 0.0913. The van der Waals surface area contributed by atoms with Gasteiger partial charge in [-0.2, -0.15) is 0 Å². The first-order valence-electron chi connectivity index (χ1n) is 8.65. The maximum atomic E-state index is 12.4. The van der Waals surface area contributed by atoms with E-state index in [0.717, 1.165) is 29.7 Å². The maximum Gasteiger partial charge on any atom is 0.229 e. The first-order chi connectivity index (χ1) is 11.8. The molecule has 120 valence electrons. The smallest absolute Gasteiger partial charge is 0.229 e. The predicted molar refractivity (Wildman–Crippen MR) is 93.3 cm³/mol. The van der Waals surface area contributed by atoms with Crippen molar-refractivity contribution in [2.45, 2.75) is 37.6 Å². The summed E-state index contributed by atoms with van der Waals surface area (Å²) in [4.78, 5) is 16.9. The molecule has 1 aromatic heterocycles. The van der Waals surface area contributed by atoms with Crippen LogP contribution < -0.4 is 5.32 Å². The zero-order valence-electron chi connectivity index (χ0n) is 13.5. The van der Waals surface area contributed by atoms with E-state index in [1.54, 1.807) is 6.20 Å². The number of nitrogens with zero attached hydrogens (tertiary/aromatic N) is 1. The van der Waals surface area contributed by atoms with Gasteiger partial charge in [-0.25, -0.2) is 0 Å². The number of hydrogen-bond donors (Lipinski definition) is 1. The number of rotatable bonds is 1. The standard InChI is InChI=1S/C21H20N2O/c24-21-20(17-8-4-5-9-18(17)23-21)19-13-12-16(14-22-19)11-10-15-6-2-1-3-7-15/h1-3,6-7,12-14,17-18,20H,4-5,8-9H2,(H,23,24). The lowest BCUT2D eigenvalue weighted by atomic mass is 9.78. The van der Waals surface area contributed by atoms with Crippen LogP contribution in [0.1, 0.15) is 48.4 Å². The van der Waals surface area contributed by atoms with Crippen molar-refractivity contribution >= 4 is 5.91 Å². The van der Waals surface area contributed by atoms with E-state index in [1.165, 1.54) is 12.8 Å². The molecule has 0 radical (unpaired) electrons. The van der Waals surface area contributed by atoms with E-state index in [2.05, 4.69) is 22.1 Å². The number of pyridine rings is 1. The molecule has 3 nitrogen and oxygen atoms in total. The van der Waals surface area contributed by atoms with Gasteiger partial charge in [-0.1, -0.05) is 42.9 Å². The van der Waals surface area contributed by atoms with Crippen molar-refractivity contribution in [1.29, 1.82) is 0 Å². The molecule has 24 heavy (non-hydrogen) atoms. The summed E-state index contributed by atoms with van der Waals surface area (Å²) in [7, 11) is 0. The van der Waals surface area contributed by atoms with Crippen LogP contribution in [0.5, 0.6) is 0 Å². The number of hydrogen-bond acceptors (Lipinski definition) is 2. The highest BCUT2D eigenvalue weighted by Gasteiger charge is 2.44. The van der Waals surface area contributed by atoms with Gasteiger partial charge in [0.1, 0.15) is 0 Å². The Labute approximate surface area is 142 Å². The molecule has 4 rings (SSSR count). The van der Waals surface area contributed by atoms with Gasteiger partial charge in [0.05, 0.1) is 11.6 Å². The SMILES string of the molecule is O=C1NC2CCCCC2C1c1ccc(C#Cc2ccccc2)cn1. The molecule has 0 bridgehead atoms. The number of amides is 1. The topological polar surface area (TPSA) is 42.0 Å². The summed E-state index contributed by atoms with van der Waals surface area (Å²) in [5.41, 5.74) is 2.75. The second-order valence-corrected chi connectivity index (χ2v) is 6.63. The van der Waals surface area contributed by atoms with E-state index in [9.17, 15) is 4.79 Å². The van der Waals surface area contributed by atoms with Crippen LogP contribution in [0.15, 0.2) is 48.7 Å². The molecular weight excluding hydrogens is 296 g/mol. The molecule has 3 heteroatoms. The number of carbonyl (C=O) groups excluding carboxylic acids is 1. The average Bonchev–Trinajstić information content (AvgIpc) is 2.97. The molecule has 1 saturated carbocycles. The quantitative estimate of drug-likeness (QED) is 0.821. The molecule has 2 heterocycles. The van der Waals surface area contributed by atoms with Crippen LogP contribution in [0.2, 0.25) is 0 Å². The molecule has 2 aromatic rings. The Hall–Kier alpha value is -2.60. The van der Waals surface area contributed by atoms with Crippen LogP contribution in [-0.4, -0.2) is 16.9 Å². The molecule has 1 amide bonds. The predicted octanol–water partition coefficient (Wildman–Crippen LogP) is 3.25. The number of aromatic nitrogens is 1. The largest absolute Gasteiger partial charge is 0.352 e. The van der Waals surface area contributed by atoms with E-state index in [0.29, 0.717) is 12.0 Å². The van der Waals surface area contributed by atoms with Crippen LogP contribution in [0, 0.1) is 17.8 Å². The van der Waals surface area contributed by atoms with Gasteiger partial charge in [0, 0.05) is 23.4 Å². The summed E-state index contributed by atoms with van der Waals surface area (Å²) >= 11 is 0. The lowest BCUT2D eigenvalue weighted by molar-refractivity contribution is -0.120. The van der Waals surface area contributed by atoms with Crippen molar-refractivity contribution in [3.8, 4) is 11.8 Å². The number of carbonyl (C=O) groups is 1. The van der Waals surface area contributed by atoms with Gasteiger partial charge in [-0.05, 0) is 43.0 Å². The Kier molecular flexibility index (Phi) is 4.04. The Morgan fingerprint density at radius 2 is 1.75 bits per heavy atom. The molecule has 0 spiro atoms. The van der Waals surface area contributed by atoms with Gasteiger partial charge < -0.3 is 5.32 Å². The molecule has 1 saturated heterocycles. The lowest BCUT2D eigenvalue weighted by Gasteiger charge is -2.26. The van der Waals surface area contributed by atoms with E-state index < -0.39 is 0 Å². The summed E-state index contributed by atoms with van der Waals surface area (Å²) in [6.45, 7) is 0. The molecule has 1 aromatic carbocycles. The number of nitrogens with one attached hydrogen (secondary N) is 1. The van der Waals surface area contributed by atoms with Crippen LogP contribution >= 0.6 is 0 Å². The minimum atomic E-state index is -0.0913. The highest BCUT2D eigenvalue weighted by molar-refractivity contribution is 5.86. The van der Waals surface area contributed by atoms with Crippen molar-refractivity contribution in [3.63, 3.8) is 0 Å². The first kappa shape index (κ1) is 15.0. The summed E-state index contributed by atoms with van der Waals surface area (Å²) < 4.78 is 0. The van der Waals surface area contributed by atoms with Gasteiger partial charge in [-0.3, -0.25) is 9.78 Å². The molecule has 3 unspecified atom stereocenters. The van der Waals surface area contributed by atoms with E-state index in [4.69, 9.17) is 0 Å². The van der Waals surface area contributed by atoms with Crippen LogP contribution in [0.3, 0.4) is 0 Å². The third-order valence-electron chi connectivity index (χ3n) is 5.09. The highest BCUT2D eigenvalue weighted by Crippen LogP contribution is 2.40. The first-order valence-corrected chi connectivity index (χ1v) is 8.65. The second-order valence-electron chi connectivity index (χ2n) is 6.63. The van der Waals surface area contributed by atoms with E-state index in [1.807, 2.05) is 42.5 Å². The van der Waals surface area contributed by atoms with Crippen LogP contribution in [0.25, 0.3) is 0 Å². The normalized spacial score (nSPS) is 25.3. The summed E-state index contributed by atoms with van der Waals surface area (Å²) in [6.07, 6.45) is 6.44. The summed E-state index contributed by atoms with van der Waals surface area (Å²) in [6, 6.07) is 14.2. The van der Waals surface area contributed by atoms with Gasteiger partial charge in [0.25, 0.3) is 0 Å². The van der Waals surface area contributed by atoms with E-state index in [-0.39, 0.29) is 11.8 Å². The fourth-order valence-corrected chi connectivity index (χ4v) is 3.89. The fourth-order valence-electron chi connectivity index (χ4n) is 3.89. The molecule has 1 aliphatic heterocycles. The third-order valence-corrected chi connectivity index (χ3v) is 5.09. The maximum absolute atomic E-state index is 12.4. The molecule has 2 fully saturated rings. The van der Waals surface area contributed by atoms with E-state index >= 15 is 0 Å². The van der Waals surface area contributed by atoms with Crippen molar-refractivity contribution in [2.75, 3.05) is 0 Å². The minimum Gasteiger partial charge on any atom is -0.352 e. The van der Waals surface area contributed by atoms with Gasteiger partial charge in [-0.15, -0.1) is 0 Å². The zero-order chi connectivity index (χ0) is 16.4. The Bertz CT molecular complexity index is 786. The molecule has 3 atom stereocenters. The van der Waals surface area contributed by atoms with Crippen molar-refractivity contribution in [2.24, 2.45) is 5.92 Å². The summed E-state index contributed by atoms with van der Waals surface area (Å²) in [5.74, 6) is 6.72. The molecule has 1 aliphatic carbocycles. The second kappa shape index (κ2) is 6.49. The highest BCUT2D eigenvalue weighted by atomic mass is 16.2. The fraction of sp³-hybridized carbons (Fsp3) is 0.333. The molecule has 1 N–H and O–H groups in total. The number of fused-ring (bicyclic) bond motifs is 1. The van der Waals surface area contributed by atoms with Crippen LogP contribution in [0.4, 0.5) is 0 Å². The van der Waals surface area contributed by atoms with Gasteiger partial charge in [0.2, 0.25) is 5.91 Å². The zero-order valence-corrected chi connectivity index (χ0v) is 13.5. The Morgan fingerprint density at radius 3 is 2.54 bits per heavy atom. The molecule has 2 aliphatic rings. The van der Waals surface area contributed by atoms with Crippen molar-refractivity contribution < 1.29 is 4.79 Å². The third kappa shape index (κ3) is 2.92. The van der Waals surface area contributed by atoms with Crippen molar-refractivity contribution in [3.05, 3.63) is 65.5 Å². The van der Waals surface area contributed by atoms with Crippen LogP contribution in [-0.2, 0) is 4.79 Å².